The van der Waals surface area contributed by atoms with Gasteiger partial charge in [-0.05, 0) is 56.7 Å². The summed E-state index contributed by atoms with van der Waals surface area (Å²) in [7, 11) is 1.57. The largest absolute Gasteiger partial charge is 0.497 e. The molecule has 2 atom stereocenters. The van der Waals surface area contributed by atoms with Gasteiger partial charge in [0.15, 0.2) is 0 Å². The van der Waals surface area contributed by atoms with Gasteiger partial charge in [-0.15, -0.1) is 0 Å². The van der Waals surface area contributed by atoms with Crippen LogP contribution in [0.4, 0.5) is 10.1 Å². The highest BCUT2D eigenvalue weighted by atomic mass is 19.1. The molecule has 0 aliphatic carbocycles. The molecule has 3 aromatic rings. The zero-order chi connectivity index (χ0) is 22.1. The molecule has 31 heavy (non-hydrogen) atoms. The molecule has 1 amide bonds. The van der Waals surface area contributed by atoms with Crippen molar-refractivity contribution >= 4 is 22.6 Å². The molecule has 1 N–H and O–H groups in total. The van der Waals surface area contributed by atoms with Crippen molar-refractivity contribution in [3.8, 4) is 5.75 Å². The number of hydrogen-bond donors (Lipinski definition) is 1. The summed E-state index contributed by atoms with van der Waals surface area (Å²) >= 11 is 0. The number of fused-ring (bicyclic) bond motifs is 1. The van der Waals surface area contributed by atoms with Crippen LogP contribution in [0.15, 0.2) is 40.8 Å². The van der Waals surface area contributed by atoms with Gasteiger partial charge in [0.2, 0.25) is 0 Å². The lowest BCUT2D eigenvalue weighted by Gasteiger charge is -2.37. The summed E-state index contributed by atoms with van der Waals surface area (Å²) in [5.74, 6) is 0.595. The first-order chi connectivity index (χ1) is 14.9. The highest BCUT2D eigenvalue weighted by Gasteiger charge is 2.24. The number of morpholine rings is 1. The zero-order valence-electron chi connectivity index (χ0n) is 18.2. The van der Waals surface area contributed by atoms with Crippen molar-refractivity contribution in [2.45, 2.75) is 39.5 Å². The maximum atomic E-state index is 14.8. The molecule has 0 spiro atoms. The standard InChI is InChI=1S/C24H27FN2O4/c1-14-12-27(13-15(2)30-14)21-7-5-17(9-20(21)25)11-26-24(28)23-16(3)31-22-8-6-18(29-4)10-19(22)23/h5-10,14-15H,11-13H2,1-4H3,(H,26,28)/t14-,15-/m1/s1. The summed E-state index contributed by atoms with van der Waals surface area (Å²) in [4.78, 5) is 14.9. The van der Waals surface area contributed by atoms with E-state index in [9.17, 15) is 9.18 Å². The normalized spacial score (nSPS) is 18.9. The Labute approximate surface area is 180 Å². The minimum atomic E-state index is -0.303. The number of carbonyl (C=O) groups is 1. The number of halogens is 1. The van der Waals surface area contributed by atoms with E-state index in [0.29, 0.717) is 52.4 Å². The van der Waals surface area contributed by atoms with E-state index in [-0.39, 0.29) is 30.5 Å². The predicted octanol–water partition coefficient (Wildman–Crippen LogP) is 4.43. The Morgan fingerprint density at radius 2 is 1.94 bits per heavy atom. The van der Waals surface area contributed by atoms with Crippen LogP contribution < -0.4 is 15.0 Å². The van der Waals surface area contributed by atoms with E-state index >= 15 is 0 Å². The smallest absolute Gasteiger partial charge is 0.255 e. The van der Waals surface area contributed by atoms with Gasteiger partial charge < -0.3 is 24.1 Å². The number of furan rings is 1. The predicted molar refractivity (Wildman–Crippen MR) is 117 cm³/mol. The first-order valence-corrected chi connectivity index (χ1v) is 10.4. The molecule has 1 fully saturated rings. The van der Waals surface area contributed by atoms with Gasteiger partial charge in [0.05, 0.1) is 30.6 Å². The van der Waals surface area contributed by atoms with Gasteiger partial charge in [-0.1, -0.05) is 6.07 Å². The first kappa shape index (κ1) is 21.2. The average Bonchev–Trinajstić information content (AvgIpc) is 3.06. The van der Waals surface area contributed by atoms with Gasteiger partial charge >= 0.3 is 0 Å². The van der Waals surface area contributed by atoms with Gasteiger partial charge in [-0.3, -0.25) is 4.79 Å². The number of nitrogens with zero attached hydrogens (tertiary/aromatic N) is 1. The van der Waals surface area contributed by atoms with Crippen LogP contribution in [-0.2, 0) is 11.3 Å². The number of aryl methyl sites for hydroxylation is 1. The fraction of sp³-hybridized carbons (Fsp3) is 0.375. The molecule has 6 nitrogen and oxygen atoms in total. The summed E-state index contributed by atoms with van der Waals surface area (Å²) in [6.07, 6.45) is 0.0996. The van der Waals surface area contributed by atoms with Crippen LogP contribution in [0.1, 0.15) is 35.5 Å². The number of carbonyl (C=O) groups excluding carboxylic acids is 1. The molecule has 7 heteroatoms. The van der Waals surface area contributed by atoms with E-state index in [2.05, 4.69) is 5.32 Å². The van der Waals surface area contributed by atoms with Crippen LogP contribution in [0.5, 0.6) is 5.75 Å². The third-order valence-corrected chi connectivity index (χ3v) is 5.52. The third-order valence-electron chi connectivity index (χ3n) is 5.52. The maximum Gasteiger partial charge on any atom is 0.255 e. The summed E-state index contributed by atoms with van der Waals surface area (Å²) < 4.78 is 31.5. The second kappa shape index (κ2) is 8.59. The molecule has 164 valence electrons. The highest BCUT2D eigenvalue weighted by molar-refractivity contribution is 6.07. The monoisotopic (exact) mass is 426 g/mol. The Hall–Kier alpha value is -3.06. The Morgan fingerprint density at radius 3 is 2.61 bits per heavy atom. The third kappa shape index (κ3) is 4.37. The van der Waals surface area contributed by atoms with E-state index < -0.39 is 0 Å². The molecule has 0 saturated carbocycles. The molecular weight excluding hydrogens is 399 g/mol. The Balaban J connectivity index is 1.48. The van der Waals surface area contributed by atoms with E-state index in [1.54, 1.807) is 38.3 Å². The van der Waals surface area contributed by atoms with Crippen LogP contribution in [0.25, 0.3) is 11.0 Å². The summed E-state index contributed by atoms with van der Waals surface area (Å²) in [6, 6.07) is 10.4. The number of anilines is 1. The fourth-order valence-electron chi connectivity index (χ4n) is 4.17. The average molecular weight is 426 g/mol. The molecule has 1 aromatic heterocycles. The van der Waals surface area contributed by atoms with Crippen molar-refractivity contribution in [3.63, 3.8) is 0 Å². The van der Waals surface area contributed by atoms with E-state index in [1.165, 1.54) is 6.07 Å². The topological polar surface area (TPSA) is 63.9 Å². The molecule has 0 unspecified atom stereocenters. The van der Waals surface area contributed by atoms with Gasteiger partial charge in [-0.25, -0.2) is 4.39 Å². The minimum absolute atomic E-state index is 0.0498. The van der Waals surface area contributed by atoms with E-state index in [0.717, 1.165) is 0 Å². The first-order valence-electron chi connectivity index (χ1n) is 10.4. The van der Waals surface area contributed by atoms with Crippen LogP contribution in [0.2, 0.25) is 0 Å². The fourth-order valence-corrected chi connectivity index (χ4v) is 4.17. The lowest BCUT2D eigenvalue weighted by molar-refractivity contribution is -0.00539. The quantitative estimate of drug-likeness (QED) is 0.654. The van der Waals surface area contributed by atoms with Crippen molar-refractivity contribution in [1.82, 2.24) is 5.32 Å². The number of benzene rings is 2. The highest BCUT2D eigenvalue weighted by Crippen LogP contribution is 2.29. The van der Waals surface area contributed by atoms with Crippen molar-refractivity contribution in [2.75, 3.05) is 25.1 Å². The zero-order valence-corrected chi connectivity index (χ0v) is 18.2. The molecular formula is C24H27FN2O4. The second-order valence-electron chi connectivity index (χ2n) is 8.03. The number of nitrogens with one attached hydrogen (secondary N) is 1. The van der Waals surface area contributed by atoms with Gasteiger partial charge in [-0.2, -0.15) is 0 Å². The molecule has 0 bridgehead atoms. The molecule has 0 radical (unpaired) electrons. The number of amides is 1. The summed E-state index contributed by atoms with van der Waals surface area (Å²) in [5.41, 5.74) is 2.32. The van der Waals surface area contributed by atoms with Crippen molar-refractivity contribution in [2.24, 2.45) is 0 Å². The Bertz CT molecular complexity index is 1100. The van der Waals surface area contributed by atoms with Crippen molar-refractivity contribution < 1.29 is 23.1 Å². The maximum absolute atomic E-state index is 14.8. The lowest BCUT2D eigenvalue weighted by Crippen LogP contribution is -2.45. The van der Waals surface area contributed by atoms with Gasteiger partial charge in [0.1, 0.15) is 22.9 Å². The van der Waals surface area contributed by atoms with Crippen LogP contribution in [-0.4, -0.2) is 38.3 Å². The second-order valence-corrected chi connectivity index (χ2v) is 8.03. The SMILES string of the molecule is COc1ccc2oc(C)c(C(=O)NCc3ccc(N4C[C@@H](C)O[C@H](C)C4)c(F)c3)c2c1. The molecule has 1 saturated heterocycles. The molecule has 4 rings (SSSR count). The number of methoxy groups -OCH3 is 1. The minimum Gasteiger partial charge on any atom is -0.497 e. The van der Waals surface area contributed by atoms with Crippen molar-refractivity contribution in [1.29, 1.82) is 0 Å². The Kier molecular flexibility index (Phi) is 5.87. The number of hydrogen-bond acceptors (Lipinski definition) is 5. The van der Waals surface area contributed by atoms with Crippen molar-refractivity contribution in [3.05, 3.63) is 59.1 Å². The number of ether oxygens (including phenoxy) is 2. The summed E-state index contributed by atoms with van der Waals surface area (Å²) in [6.45, 7) is 7.23. The Morgan fingerprint density at radius 1 is 1.19 bits per heavy atom. The van der Waals surface area contributed by atoms with Crippen LogP contribution in [0, 0.1) is 12.7 Å². The molecule has 2 aromatic carbocycles. The molecule has 2 heterocycles. The summed E-state index contributed by atoms with van der Waals surface area (Å²) in [5, 5.41) is 3.56. The van der Waals surface area contributed by atoms with E-state index in [1.807, 2.05) is 24.8 Å². The van der Waals surface area contributed by atoms with Crippen LogP contribution in [0.3, 0.4) is 0 Å². The van der Waals surface area contributed by atoms with Crippen LogP contribution >= 0.6 is 0 Å². The lowest BCUT2D eigenvalue weighted by atomic mass is 10.1. The van der Waals surface area contributed by atoms with Gasteiger partial charge in [0.25, 0.3) is 5.91 Å². The van der Waals surface area contributed by atoms with Gasteiger partial charge in [0, 0.05) is 25.0 Å². The number of rotatable bonds is 5. The van der Waals surface area contributed by atoms with E-state index in [4.69, 9.17) is 13.9 Å². The molecule has 1 aliphatic heterocycles. The molecule has 1 aliphatic rings.